The summed E-state index contributed by atoms with van der Waals surface area (Å²) in [7, 11) is 0. The number of hydrogen-bond acceptors (Lipinski definition) is 6. The van der Waals surface area contributed by atoms with Crippen molar-refractivity contribution in [3.05, 3.63) is 54.5 Å². The van der Waals surface area contributed by atoms with E-state index in [4.69, 9.17) is 0 Å². The predicted octanol–water partition coefficient (Wildman–Crippen LogP) is 2.74. The van der Waals surface area contributed by atoms with Crippen LogP contribution in [0.25, 0.3) is 0 Å². The van der Waals surface area contributed by atoms with Crippen LogP contribution in [0.1, 0.15) is 12.6 Å². The van der Waals surface area contributed by atoms with Crippen molar-refractivity contribution in [1.29, 1.82) is 0 Å². The van der Waals surface area contributed by atoms with Crippen LogP contribution in [0.4, 0.5) is 5.82 Å². The largest absolute Gasteiger partial charge is 0.353 e. The van der Waals surface area contributed by atoms with Gasteiger partial charge in [0.25, 0.3) is 0 Å². The van der Waals surface area contributed by atoms with Crippen molar-refractivity contribution in [3.63, 3.8) is 0 Å². The molecule has 0 amide bonds. The molecule has 0 spiro atoms. The molecular formula is C18H22N6S. The maximum absolute atomic E-state index is 4.46. The number of nitrogens with zero attached hydrogens (tertiary/aromatic N) is 6. The van der Waals surface area contributed by atoms with Gasteiger partial charge in [-0.1, -0.05) is 23.9 Å². The monoisotopic (exact) mass is 354 g/mol. The Kier molecular flexibility index (Phi) is 6.00. The highest BCUT2D eigenvalue weighted by molar-refractivity contribution is 8.13. The lowest BCUT2D eigenvalue weighted by atomic mass is 10.3. The van der Waals surface area contributed by atoms with Crippen LogP contribution in [-0.2, 0) is 0 Å². The van der Waals surface area contributed by atoms with Gasteiger partial charge in [-0.2, -0.15) is 5.10 Å². The van der Waals surface area contributed by atoms with Gasteiger partial charge in [-0.3, -0.25) is 4.98 Å². The number of rotatable bonds is 3. The van der Waals surface area contributed by atoms with Gasteiger partial charge in [0.1, 0.15) is 5.82 Å². The lowest BCUT2D eigenvalue weighted by Crippen LogP contribution is -2.48. The van der Waals surface area contributed by atoms with Crippen LogP contribution >= 0.6 is 11.8 Å². The molecule has 0 bridgehead atoms. The molecule has 130 valence electrons. The quantitative estimate of drug-likeness (QED) is 0.482. The zero-order chi connectivity index (χ0) is 17.5. The molecule has 0 radical (unpaired) electrons. The van der Waals surface area contributed by atoms with Gasteiger partial charge in [0, 0.05) is 38.6 Å². The van der Waals surface area contributed by atoms with E-state index in [1.807, 2.05) is 49.7 Å². The standard InChI is InChI=1S/C18H22N6S/c1-15(16-7-3-5-9-19-16)21-22-18(25-2)24-13-11-23(12-14-24)17-8-4-6-10-20-17/h3-10H,11-14H2,1-2H3/b21-15+,22-18-. The number of hydrogen-bond donors (Lipinski definition) is 0. The molecule has 0 atom stereocenters. The summed E-state index contributed by atoms with van der Waals surface area (Å²) in [5.41, 5.74) is 1.67. The van der Waals surface area contributed by atoms with Crippen LogP contribution in [-0.4, -0.2) is 58.2 Å². The van der Waals surface area contributed by atoms with E-state index < -0.39 is 0 Å². The number of pyridine rings is 2. The molecule has 1 saturated heterocycles. The average Bonchev–Trinajstić information content (AvgIpc) is 2.70. The summed E-state index contributed by atoms with van der Waals surface area (Å²) in [6.45, 7) is 5.62. The van der Waals surface area contributed by atoms with Crippen molar-refractivity contribution >= 4 is 28.5 Å². The van der Waals surface area contributed by atoms with Crippen molar-refractivity contribution in [2.75, 3.05) is 37.3 Å². The molecule has 0 N–H and O–H groups in total. The third-order valence-corrected chi connectivity index (χ3v) is 4.73. The second-order valence-electron chi connectivity index (χ2n) is 5.65. The summed E-state index contributed by atoms with van der Waals surface area (Å²) >= 11 is 1.62. The van der Waals surface area contributed by atoms with Crippen molar-refractivity contribution in [3.8, 4) is 0 Å². The van der Waals surface area contributed by atoms with Crippen LogP contribution in [0, 0.1) is 0 Å². The van der Waals surface area contributed by atoms with E-state index in [9.17, 15) is 0 Å². The Hall–Kier alpha value is -2.41. The zero-order valence-electron chi connectivity index (χ0n) is 14.5. The summed E-state index contributed by atoms with van der Waals surface area (Å²) in [6.07, 6.45) is 5.64. The van der Waals surface area contributed by atoms with E-state index in [0.29, 0.717) is 0 Å². The third-order valence-electron chi connectivity index (χ3n) is 4.03. The van der Waals surface area contributed by atoms with Crippen molar-refractivity contribution in [2.45, 2.75) is 6.92 Å². The maximum atomic E-state index is 4.46. The molecule has 2 aromatic heterocycles. The minimum Gasteiger partial charge on any atom is -0.353 e. The molecule has 1 aliphatic rings. The zero-order valence-corrected chi connectivity index (χ0v) is 15.4. The summed E-state index contributed by atoms with van der Waals surface area (Å²) in [5, 5.41) is 9.77. The van der Waals surface area contributed by atoms with E-state index in [-0.39, 0.29) is 0 Å². The molecule has 3 heterocycles. The average molecular weight is 354 g/mol. The molecular weight excluding hydrogens is 332 g/mol. The molecule has 0 saturated carbocycles. The van der Waals surface area contributed by atoms with E-state index >= 15 is 0 Å². The first kappa shape index (κ1) is 17.4. The minimum absolute atomic E-state index is 0.819. The highest BCUT2D eigenvalue weighted by Gasteiger charge is 2.20. The minimum atomic E-state index is 0.819. The Morgan fingerprint density at radius 2 is 1.68 bits per heavy atom. The van der Waals surface area contributed by atoms with E-state index in [1.54, 1.807) is 18.0 Å². The Bertz CT molecular complexity index is 724. The number of thioether (sulfide) groups is 1. The number of anilines is 1. The topological polar surface area (TPSA) is 57.0 Å². The van der Waals surface area contributed by atoms with E-state index in [1.165, 1.54) is 0 Å². The SMILES string of the molecule is CS/C(=N\N=C(/C)c1ccccn1)N1CCN(c2ccccn2)CC1. The van der Waals surface area contributed by atoms with Crippen LogP contribution in [0.2, 0.25) is 0 Å². The number of aromatic nitrogens is 2. The third kappa shape index (κ3) is 4.57. The second-order valence-corrected chi connectivity index (χ2v) is 6.42. The number of amidine groups is 1. The lowest BCUT2D eigenvalue weighted by Gasteiger charge is -2.36. The molecule has 1 fully saturated rings. The fraction of sp³-hybridized carbons (Fsp3) is 0.333. The molecule has 0 aliphatic carbocycles. The van der Waals surface area contributed by atoms with Crippen LogP contribution < -0.4 is 4.90 Å². The fourth-order valence-electron chi connectivity index (χ4n) is 2.65. The Morgan fingerprint density at radius 3 is 2.28 bits per heavy atom. The first-order valence-electron chi connectivity index (χ1n) is 8.26. The first-order chi connectivity index (χ1) is 12.3. The van der Waals surface area contributed by atoms with Crippen LogP contribution in [0.5, 0.6) is 0 Å². The molecule has 2 aromatic rings. The van der Waals surface area contributed by atoms with Gasteiger partial charge in [-0.05, 0) is 37.4 Å². The molecule has 0 aromatic carbocycles. The van der Waals surface area contributed by atoms with Crippen molar-refractivity contribution in [1.82, 2.24) is 14.9 Å². The predicted molar refractivity (Wildman–Crippen MR) is 105 cm³/mol. The van der Waals surface area contributed by atoms with Gasteiger partial charge in [-0.25, -0.2) is 4.98 Å². The molecule has 3 rings (SSSR count). The number of piperazine rings is 1. The Balaban J connectivity index is 1.64. The van der Waals surface area contributed by atoms with Crippen molar-refractivity contribution < 1.29 is 0 Å². The summed E-state index contributed by atoms with van der Waals surface area (Å²) in [4.78, 5) is 13.3. The Morgan fingerprint density at radius 1 is 0.960 bits per heavy atom. The first-order valence-corrected chi connectivity index (χ1v) is 9.49. The highest BCUT2D eigenvalue weighted by atomic mass is 32.2. The maximum Gasteiger partial charge on any atom is 0.185 e. The molecule has 0 unspecified atom stereocenters. The summed E-state index contributed by atoms with van der Waals surface area (Å²) in [6, 6.07) is 11.8. The van der Waals surface area contributed by atoms with Crippen molar-refractivity contribution in [2.24, 2.45) is 10.2 Å². The van der Waals surface area contributed by atoms with Gasteiger partial charge < -0.3 is 9.80 Å². The smallest absolute Gasteiger partial charge is 0.185 e. The van der Waals surface area contributed by atoms with Crippen LogP contribution in [0.15, 0.2) is 59.0 Å². The second kappa shape index (κ2) is 8.62. The van der Waals surface area contributed by atoms with Gasteiger partial charge in [0.15, 0.2) is 5.17 Å². The van der Waals surface area contributed by atoms with E-state index in [2.05, 4.69) is 36.0 Å². The van der Waals surface area contributed by atoms with Gasteiger partial charge in [-0.15, -0.1) is 5.10 Å². The molecule has 6 nitrogen and oxygen atoms in total. The lowest BCUT2D eigenvalue weighted by molar-refractivity contribution is 0.390. The van der Waals surface area contributed by atoms with Gasteiger partial charge >= 0.3 is 0 Å². The highest BCUT2D eigenvalue weighted by Crippen LogP contribution is 2.15. The van der Waals surface area contributed by atoms with Gasteiger partial charge in [0.05, 0.1) is 11.4 Å². The molecule has 7 heteroatoms. The Labute approximate surface area is 152 Å². The molecule has 1 aliphatic heterocycles. The summed E-state index contributed by atoms with van der Waals surface area (Å²) in [5.74, 6) is 1.04. The van der Waals surface area contributed by atoms with Crippen LogP contribution in [0.3, 0.4) is 0 Å². The normalized spacial score (nSPS) is 16.2. The summed E-state index contributed by atoms with van der Waals surface area (Å²) < 4.78 is 0. The fourth-order valence-corrected chi connectivity index (χ4v) is 3.21. The molecule has 25 heavy (non-hydrogen) atoms. The van der Waals surface area contributed by atoms with Gasteiger partial charge in [0.2, 0.25) is 0 Å². The van der Waals surface area contributed by atoms with E-state index in [0.717, 1.165) is 48.6 Å².